The maximum absolute atomic E-state index is 12.3. The maximum atomic E-state index is 12.3. The molecular formula is C15H25N3O2S. The second-order valence-electron chi connectivity index (χ2n) is 5.88. The fourth-order valence-corrected chi connectivity index (χ4v) is 3.73. The summed E-state index contributed by atoms with van der Waals surface area (Å²) in [5, 5.41) is 15.9. The predicted molar refractivity (Wildman–Crippen MR) is 84.4 cm³/mol. The molecule has 0 radical (unpaired) electrons. The number of aromatic nitrogens is 1. The van der Waals surface area contributed by atoms with Crippen molar-refractivity contribution in [2.45, 2.75) is 51.7 Å². The van der Waals surface area contributed by atoms with E-state index < -0.39 is 0 Å². The monoisotopic (exact) mass is 311 g/mol. The van der Waals surface area contributed by atoms with Gasteiger partial charge in [-0.15, -0.1) is 11.3 Å². The number of hydrogen-bond acceptors (Lipinski definition) is 4. The lowest BCUT2D eigenvalue weighted by Crippen LogP contribution is -2.42. The Morgan fingerprint density at radius 1 is 1.62 bits per heavy atom. The lowest BCUT2D eigenvalue weighted by Gasteiger charge is -2.25. The second kappa shape index (κ2) is 7.22. The van der Waals surface area contributed by atoms with E-state index >= 15 is 0 Å². The molecule has 2 N–H and O–H groups in total. The molecule has 1 aliphatic carbocycles. The Morgan fingerprint density at radius 3 is 2.90 bits per heavy atom. The van der Waals surface area contributed by atoms with Crippen LogP contribution in [0.5, 0.6) is 0 Å². The smallest absolute Gasteiger partial charge is 0.317 e. The molecule has 1 aromatic heterocycles. The van der Waals surface area contributed by atoms with Crippen LogP contribution in [0.3, 0.4) is 0 Å². The van der Waals surface area contributed by atoms with Gasteiger partial charge in [0.25, 0.3) is 0 Å². The first-order valence-electron chi connectivity index (χ1n) is 7.63. The Balaban J connectivity index is 1.89. The van der Waals surface area contributed by atoms with Crippen molar-refractivity contribution in [3.8, 4) is 0 Å². The zero-order valence-corrected chi connectivity index (χ0v) is 13.8. The number of thiazole rings is 1. The van der Waals surface area contributed by atoms with Gasteiger partial charge in [-0.1, -0.05) is 13.3 Å². The molecule has 5 nitrogen and oxygen atoms in total. The SMILES string of the molecule is CCC(NC(=O)N(C)CC1CCCC1O)c1nc(C)cs1. The first-order chi connectivity index (χ1) is 10.0. The number of aryl methyl sites for hydroxylation is 1. The molecule has 2 rings (SSSR count). The van der Waals surface area contributed by atoms with Gasteiger partial charge in [0, 0.05) is 30.6 Å². The van der Waals surface area contributed by atoms with E-state index in [0.717, 1.165) is 36.4 Å². The van der Waals surface area contributed by atoms with Gasteiger partial charge in [0.1, 0.15) is 5.01 Å². The van der Waals surface area contributed by atoms with Gasteiger partial charge in [0.2, 0.25) is 0 Å². The second-order valence-corrected chi connectivity index (χ2v) is 6.77. The Hall–Kier alpha value is -1.14. The van der Waals surface area contributed by atoms with Gasteiger partial charge in [-0.3, -0.25) is 0 Å². The molecule has 1 heterocycles. The zero-order chi connectivity index (χ0) is 15.4. The quantitative estimate of drug-likeness (QED) is 0.878. The first kappa shape index (κ1) is 16.2. The normalized spacial score (nSPS) is 23.0. The molecule has 3 unspecified atom stereocenters. The number of aliphatic hydroxyl groups is 1. The van der Waals surface area contributed by atoms with Crippen LogP contribution >= 0.6 is 11.3 Å². The van der Waals surface area contributed by atoms with Gasteiger partial charge < -0.3 is 15.3 Å². The van der Waals surface area contributed by atoms with Crippen molar-refractivity contribution in [3.63, 3.8) is 0 Å². The summed E-state index contributed by atoms with van der Waals surface area (Å²) in [5.74, 6) is 0.211. The lowest BCUT2D eigenvalue weighted by molar-refractivity contribution is 0.113. The Labute approximate surface area is 130 Å². The molecule has 6 heteroatoms. The van der Waals surface area contributed by atoms with Crippen molar-refractivity contribution >= 4 is 17.4 Å². The summed E-state index contributed by atoms with van der Waals surface area (Å²) < 4.78 is 0. The van der Waals surface area contributed by atoms with Crippen LogP contribution in [0.1, 0.15) is 49.4 Å². The molecule has 1 aromatic rings. The average molecular weight is 311 g/mol. The van der Waals surface area contributed by atoms with Crippen LogP contribution in [-0.2, 0) is 0 Å². The summed E-state index contributed by atoms with van der Waals surface area (Å²) in [6.45, 7) is 4.62. The minimum absolute atomic E-state index is 0.0350. The molecule has 1 aliphatic rings. The number of carbonyl (C=O) groups excluding carboxylic acids is 1. The van der Waals surface area contributed by atoms with Gasteiger partial charge in [-0.05, 0) is 26.2 Å². The summed E-state index contributed by atoms with van der Waals surface area (Å²) in [6.07, 6.45) is 3.47. The standard InChI is InChI=1S/C15H25N3O2S/c1-4-12(14-16-10(2)9-21-14)17-15(20)18(3)8-11-6-5-7-13(11)19/h9,11-13,19H,4-8H2,1-3H3,(H,17,20). The number of hydrogen-bond donors (Lipinski definition) is 2. The molecule has 0 bridgehead atoms. The molecule has 1 saturated carbocycles. The third-order valence-corrected chi connectivity index (χ3v) is 5.19. The molecule has 118 valence electrons. The summed E-state index contributed by atoms with van der Waals surface area (Å²) >= 11 is 1.58. The van der Waals surface area contributed by atoms with E-state index in [9.17, 15) is 9.90 Å². The van der Waals surface area contributed by atoms with Crippen LogP contribution < -0.4 is 5.32 Å². The van der Waals surface area contributed by atoms with Crippen LogP contribution in [0, 0.1) is 12.8 Å². The molecule has 0 aliphatic heterocycles. The van der Waals surface area contributed by atoms with E-state index in [1.165, 1.54) is 0 Å². The number of urea groups is 1. The van der Waals surface area contributed by atoms with Crippen molar-refractivity contribution in [1.29, 1.82) is 0 Å². The number of nitrogens with one attached hydrogen (secondary N) is 1. The zero-order valence-electron chi connectivity index (χ0n) is 13.0. The number of nitrogens with zero attached hydrogens (tertiary/aromatic N) is 2. The minimum Gasteiger partial charge on any atom is -0.393 e. The van der Waals surface area contributed by atoms with Crippen molar-refractivity contribution in [3.05, 3.63) is 16.1 Å². The van der Waals surface area contributed by atoms with Gasteiger partial charge in [0.05, 0.1) is 12.1 Å². The lowest BCUT2D eigenvalue weighted by atomic mass is 10.1. The number of carbonyl (C=O) groups is 1. The highest BCUT2D eigenvalue weighted by Crippen LogP contribution is 2.26. The van der Waals surface area contributed by atoms with Crippen molar-refractivity contribution in [2.24, 2.45) is 5.92 Å². The molecule has 0 spiro atoms. The highest BCUT2D eigenvalue weighted by atomic mass is 32.1. The first-order valence-corrected chi connectivity index (χ1v) is 8.51. The molecule has 1 fully saturated rings. The number of rotatable bonds is 5. The topological polar surface area (TPSA) is 65.5 Å². The van der Waals surface area contributed by atoms with E-state index in [2.05, 4.69) is 10.3 Å². The molecular weight excluding hydrogens is 286 g/mol. The van der Waals surface area contributed by atoms with Gasteiger partial charge >= 0.3 is 6.03 Å². The Morgan fingerprint density at radius 2 is 2.38 bits per heavy atom. The van der Waals surface area contributed by atoms with E-state index in [1.807, 2.05) is 19.2 Å². The summed E-state index contributed by atoms with van der Waals surface area (Å²) in [5.41, 5.74) is 0.991. The highest BCUT2D eigenvalue weighted by molar-refractivity contribution is 7.09. The third-order valence-electron chi connectivity index (χ3n) is 4.11. The number of amides is 2. The van der Waals surface area contributed by atoms with Gasteiger partial charge in [-0.2, -0.15) is 0 Å². The predicted octanol–water partition coefficient (Wildman–Crippen LogP) is 2.71. The van der Waals surface area contributed by atoms with Crippen LogP contribution in [0.15, 0.2) is 5.38 Å². The average Bonchev–Trinajstić information content (AvgIpc) is 3.05. The van der Waals surface area contributed by atoms with E-state index in [0.29, 0.717) is 6.54 Å². The van der Waals surface area contributed by atoms with E-state index in [4.69, 9.17) is 0 Å². The summed E-state index contributed by atoms with van der Waals surface area (Å²) in [4.78, 5) is 18.4. The minimum atomic E-state index is -0.260. The number of aliphatic hydroxyl groups excluding tert-OH is 1. The molecule has 0 saturated heterocycles. The van der Waals surface area contributed by atoms with Gasteiger partial charge in [0.15, 0.2) is 0 Å². The van der Waals surface area contributed by atoms with Crippen molar-refractivity contribution in [2.75, 3.05) is 13.6 Å². The molecule has 21 heavy (non-hydrogen) atoms. The molecule has 3 atom stereocenters. The summed E-state index contributed by atoms with van der Waals surface area (Å²) in [7, 11) is 1.79. The Bertz CT molecular complexity index is 477. The highest BCUT2D eigenvalue weighted by Gasteiger charge is 2.28. The van der Waals surface area contributed by atoms with Crippen molar-refractivity contribution < 1.29 is 9.90 Å². The fraction of sp³-hybridized carbons (Fsp3) is 0.733. The van der Waals surface area contributed by atoms with Crippen LogP contribution in [0.25, 0.3) is 0 Å². The van der Waals surface area contributed by atoms with Gasteiger partial charge in [-0.25, -0.2) is 9.78 Å². The molecule has 0 aromatic carbocycles. The van der Waals surface area contributed by atoms with E-state index in [1.54, 1.807) is 23.3 Å². The molecule has 2 amide bonds. The third kappa shape index (κ3) is 4.17. The van der Waals surface area contributed by atoms with Crippen LogP contribution in [0.2, 0.25) is 0 Å². The van der Waals surface area contributed by atoms with Crippen molar-refractivity contribution in [1.82, 2.24) is 15.2 Å². The van der Waals surface area contributed by atoms with E-state index in [-0.39, 0.29) is 24.1 Å². The fourth-order valence-electron chi connectivity index (χ4n) is 2.79. The van der Waals surface area contributed by atoms with Crippen LogP contribution in [0.4, 0.5) is 4.79 Å². The van der Waals surface area contributed by atoms with Crippen LogP contribution in [-0.4, -0.2) is 40.7 Å². The maximum Gasteiger partial charge on any atom is 0.317 e. The Kier molecular flexibility index (Phi) is 5.58. The largest absolute Gasteiger partial charge is 0.393 e. The summed E-state index contributed by atoms with van der Waals surface area (Å²) in [6, 6.07) is -0.124.